The zero-order valence-electron chi connectivity index (χ0n) is 15.6. The largest absolute Gasteiger partial charge is 0.358 e. The van der Waals surface area contributed by atoms with Crippen LogP contribution in [-0.4, -0.2) is 32.6 Å². The molecule has 1 aliphatic heterocycles. The minimum absolute atomic E-state index is 0.0173. The Morgan fingerprint density at radius 3 is 2.76 bits per heavy atom. The number of aromatic nitrogens is 4. The number of rotatable bonds is 4. The molecule has 0 atom stereocenters. The van der Waals surface area contributed by atoms with Crippen LogP contribution in [0.15, 0.2) is 60.9 Å². The standard InChI is InChI=1S/C23H19N5O/c29-23-19-13-21(27-20(19)9-11-25-23)16-8-10-24-18(12-16)7-6-17-14-26-28-22(17)15-4-2-1-3-5-15/h1-8,10,12-14,27H,9,11H2,(H,25,29)(H,26,28)/b7-6+. The number of carbonyl (C=O) groups excluding carboxylic acids is 1. The molecule has 0 radical (unpaired) electrons. The van der Waals surface area contributed by atoms with Crippen LogP contribution in [0.25, 0.3) is 34.7 Å². The van der Waals surface area contributed by atoms with Crippen LogP contribution >= 0.6 is 0 Å². The molecule has 0 spiro atoms. The van der Waals surface area contributed by atoms with Crippen molar-refractivity contribution >= 4 is 18.1 Å². The molecule has 1 amide bonds. The molecule has 5 rings (SSSR count). The third-order valence-electron chi connectivity index (χ3n) is 5.06. The number of pyridine rings is 1. The van der Waals surface area contributed by atoms with Crippen LogP contribution in [0.1, 0.15) is 27.3 Å². The molecular formula is C23H19N5O. The average Bonchev–Trinajstić information content (AvgIpc) is 3.41. The molecule has 3 aromatic heterocycles. The predicted molar refractivity (Wildman–Crippen MR) is 113 cm³/mol. The summed E-state index contributed by atoms with van der Waals surface area (Å²) in [6, 6.07) is 16.0. The number of benzene rings is 1. The Kier molecular flexibility index (Phi) is 4.29. The van der Waals surface area contributed by atoms with Crippen molar-refractivity contribution in [3.05, 3.63) is 83.4 Å². The number of aromatic amines is 2. The van der Waals surface area contributed by atoms with Gasteiger partial charge < -0.3 is 10.3 Å². The van der Waals surface area contributed by atoms with E-state index in [0.717, 1.165) is 51.5 Å². The maximum Gasteiger partial charge on any atom is 0.253 e. The Morgan fingerprint density at radius 1 is 1.00 bits per heavy atom. The molecule has 142 valence electrons. The SMILES string of the molecule is O=C1NCCc2[nH]c(-c3ccnc(/C=C/c4cn[nH]c4-c4ccccc4)c3)cc21. The Morgan fingerprint density at radius 2 is 1.90 bits per heavy atom. The van der Waals surface area contributed by atoms with Crippen molar-refractivity contribution in [2.24, 2.45) is 0 Å². The van der Waals surface area contributed by atoms with Crippen LogP contribution in [-0.2, 0) is 6.42 Å². The lowest BCUT2D eigenvalue weighted by Crippen LogP contribution is -2.31. The summed E-state index contributed by atoms with van der Waals surface area (Å²) < 4.78 is 0. The molecule has 1 aliphatic rings. The maximum atomic E-state index is 12.0. The summed E-state index contributed by atoms with van der Waals surface area (Å²) in [5.74, 6) is -0.0173. The highest BCUT2D eigenvalue weighted by molar-refractivity contribution is 5.97. The van der Waals surface area contributed by atoms with Crippen LogP contribution in [0, 0.1) is 0 Å². The van der Waals surface area contributed by atoms with E-state index in [0.29, 0.717) is 6.54 Å². The van der Waals surface area contributed by atoms with E-state index in [2.05, 4.69) is 25.5 Å². The maximum absolute atomic E-state index is 12.0. The van der Waals surface area contributed by atoms with E-state index in [1.807, 2.05) is 60.7 Å². The third kappa shape index (κ3) is 3.36. The molecular weight excluding hydrogens is 362 g/mol. The van der Waals surface area contributed by atoms with Gasteiger partial charge in [0.25, 0.3) is 5.91 Å². The smallest absolute Gasteiger partial charge is 0.253 e. The number of fused-ring (bicyclic) bond motifs is 1. The van der Waals surface area contributed by atoms with Crippen molar-refractivity contribution in [3.63, 3.8) is 0 Å². The quantitative estimate of drug-likeness (QED) is 0.501. The van der Waals surface area contributed by atoms with Gasteiger partial charge in [0.2, 0.25) is 0 Å². The van der Waals surface area contributed by atoms with Gasteiger partial charge in [-0.25, -0.2) is 0 Å². The van der Waals surface area contributed by atoms with Gasteiger partial charge in [-0.15, -0.1) is 0 Å². The van der Waals surface area contributed by atoms with Crippen molar-refractivity contribution in [2.45, 2.75) is 6.42 Å². The van der Waals surface area contributed by atoms with Crippen molar-refractivity contribution in [2.75, 3.05) is 6.54 Å². The van der Waals surface area contributed by atoms with E-state index in [4.69, 9.17) is 0 Å². The van der Waals surface area contributed by atoms with E-state index in [9.17, 15) is 4.79 Å². The summed E-state index contributed by atoms with van der Waals surface area (Å²) in [6.45, 7) is 0.671. The van der Waals surface area contributed by atoms with Crippen LogP contribution < -0.4 is 5.32 Å². The van der Waals surface area contributed by atoms with Crippen LogP contribution in [0.3, 0.4) is 0 Å². The van der Waals surface area contributed by atoms with Gasteiger partial charge in [-0.2, -0.15) is 5.10 Å². The normalized spacial score (nSPS) is 13.4. The second-order valence-corrected chi connectivity index (χ2v) is 6.95. The fraction of sp³-hybridized carbons (Fsp3) is 0.0870. The number of nitrogens with zero attached hydrogens (tertiary/aromatic N) is 2. The lowest BCUT2D eigenvalue weighted by Gasteiger charge is -2.10. The molecule has 0 saturated carbocycles. The lowest BCUT2D eigenvalue weighted by molar-refractivity contribution is 0.0946. The third-order valence-corrected chi connectivity index (χ3v) is 5.06. The minimum Gasteiger partial charge on any atom is -0.358 e. The van der Waals surface area contributed by atoms with Gasteiger partial charge in [-0.3, -0.25) is 14.9 Å². The molecule has 6 heteroatoms. The first-order valence-corrected chi connectivity index (χ1v) is 9.51. The number of carbonyl (C=O) groups is 1. The molecule has 4 heterocycles. The summed E-state index contributed by atoms with van der Waals surface area (Å²) in [7, 11) is 0. The number of amides is 1. The molecule has 4 aromatic rings. The first kappa shape index (κ1) is 17.2. The first-order valence-electron chi connectivity index (χ1n) is 9.51. The highest BCUT2D eigenvalue weighted by atomic mass is 16.1. The monoisotopic (exact) mass is 381 g/mol. The summed E-state index contributed by atoms with van der Waals surface area (Å²) in [5.41, 5.74) is 7.53. The number of hydrogen-bond acceptors (Lipinski definition) is 3. The molecule has 0 fully saturated rings. The van der Waals surface area contributed by atoms with Crippen LogP contribution in [0.5, 0.6) is 0 Å². The van der Waals surface area contributed by atoms with E-state index >= 15 is 0 Å². The highest BCUT2D eigenvalue weighted by Gasteiger charge is 2.19. The molecule has 0 saturated heterocycles. The average molecular weight is 381 g/mol. The Labute approximate surface area is 167 Å². The van der Waals surface area contributed by atoms with Crippen molar-refractivity contribution in [1.29, 1.82) is 0 Å². The van der Waals surface area contributed by atoms with E-state index in [1.165, 1.54) is 0 Å². The number of hydrogen-bond donors (Lipinski definition) is 3. The van der Waals surface area contributed by atoms with Gasteiger partial charge in [-0.1, -0.05) is 30.3 Å². The molecule has 3 N–H and O–H groups in total. The zero-order chi connectivity index (χ0) is 19.6. The Bertz CT molecular complexity index is 1200. The van der Waals surface area contributed by atoms with Gasteiger partial charge >= 0.3 is 0 Å². The fourth-order valence-corrected chi connectivity index (χ4v) is 3.59. The van der Waals surface area contributed by atoms with E-state index in [-0.39, 0.29) is 5.91 Å². The van der Waals surface area contributed by atoms with E-state index in [1.54, 1.807) is 12.4 Å². The second-order valence-electron chi connectivity index (χ2n) is 6.95. The Balaban J connectivity index is 1.43. The molecule has 0 aliphatic carbocycles. The lowest BCUT2D eigenvalue weighted by atomic mass is 10.1. The van der Waals surface area contributed by atoms with Crippen molar-refractivity contribution in [1.82, 2.24) is 25.5 Å². The first-order chi connectivity index (χ1) is 14.3. The highest BCUT2D eigenvalue weighted by Crippen LogP contribution is 2.25. The molecule has 0 unspecified atom stereocenters. The van der Waals surface area contributed by atoms with Gasteiger partial charge in [0, 0.05) is 47.2 Å². The molecule has 1 aromatic carbocycles. The van der Waals surface area contributed by atoms with Gasteiger partial charge in [-0.05, 0) is 30.4 Å². The van der Waals surface area contributed by atoms with Gasteiger partial charge in [0.15, 0.2) is 0 Å². The Hall–Kier alpha value is -3.93. The van der Waals surface area contributed by atoms with Crippen LogP contribution in [0.2, 0.25) is 0 Å². The predicted octanol–water partition coefficient (Wildman–Crippen LogP) is 3.92. The second kappa shape index (κ2) is 7.24. The molecule has 6 nitrogen and oxygen atoms in total. The summed E-state index contributed by atoms with van der Waals surface area (Å²) in [6.07, 6.45) is 8.38. The van der Waals surface area contributed by atoms with Crippen LogP contribution in [0.4, 0.5) is 0 Å². The van der Waals surface area contributed by atoms with Gasteiger partial charge in [0.1, 0.15) is 0 Å². The van der Waals surface area contributed by atoms with Crippen molar-refractivity contribution < 1.29 is 4.79 Å². The fourth-order valence-electron chi connectivity index (χ4n) is 3.59. The summed E-state index contributed by atoms with van der Waals surface area (Å²) in [5, 5.41) is 10.1. The molecule has 0 bridgehead atoms. The van der Waals surface area contributed by atoms with Crippen molar-refractivity contribution in [3.8, 4) is 22.5 Å². The van der Waals surface area contributed by atoms with Gasteiger partial charge in [0.05, 0.1) is 23.1 Å². The number of nitrogens with one attached hydrogen (secondary N) is 3. The molecule has 29 heavy (non-hydrogen) atoms. The van der Waals surface area contributed by atoms with E-state index < -0.39 is 0 Å². The summed E-state index contributed by atoms with van der Waals surface area (Å²) in [4.78, 5) is 19.8. The topological polar surface area (TPSA) is 86.5 Å². The number of H-pyrrole nitrogens is 2. The minimum atomic E-state index is -0.0173. The summed E-state index contributed by atoms with van der Waals surface area (Å²) >= 11 is 0. The zero-order valence-corrected chi connectivity index (χ0v) is 15.6.